The number of carbonyl (C=O) groups is 2. The van der Waals surface area contributed by atoms with Gasteiger partial charge >= 0.3 is 0 Å². The molecule has 0 aliphatic carbocycles. The molecule has 0 unspecified atom stereocenters. The van der Waals surface area contributed by atoms with Crippen LogP contribution in [0, 0.1) is 0 Å². The molecule has 80 valence electrons. The molecule has 0 aromatic heterocycles. The fraction of sp³-hybridized carbons (Fsp3) is 0.200. The molecule has 5 heteroatoms. The maximum atomic E-state index is 11.0. The fourth-order valence-corrected chi connectivity index (χ4v) is 1.63. The lowest BCUT2D eigenvalue weighted by Crippen LogP contribution is -2.23. The summed E-state index contributed by atoms with van der Waals surface area (Å²) in [6.45, 7) is 0. The molecule has 4 nitrogen and oxygen atoms in total. The summed E-state index contributed by atoms with van der Waals surface area (Å²) in [5.41, 5.74) is 5.98. The first-order valence-electron chi connectivity index (χ1n) is 4.41. The number of nitrogens with two attached hydrogens (primary N) is 1. The molecule has 0 spiro atoms. The summed E-state index contributed by atoms with van der Waals surface area (Å²) in [6, 6.07) is 9.72. The van der Waals surface area contributed by atoms with E-state index in [0.717, 1.165) is 5.56 Å². The first-order valence-corrected chi connectivity index (χ1v) is 5.40. The maximum Gasteiger partial charge on any atom is 0.239 e. The van der Waals surface area contributed by atoms with Crippen molar-refractivity contribution in [3.05, 3.63) is 35.9 Å². The number of rotatable bonds is 5. The lowest BCUT2D eigenvalue weighted by Gasteiger charge is -2.02. The van der Waals surface area contributed by atoms with Crippen LogP contribution in [0.1, 0.15) is 12.0 Å². The molecule has 0 aliphatic heterocycles. The van der Waals surface area contributed by atoms with Gasteiger partial charge < -0.3 is 5.73 Å². The number of nitrogens with one attached hydrogen (secondary N) is 1. The molecule has 0 saturated carbocycles. The number of hydrogen-bond donors (Lipinski definition) is 2. The topological polar surface area (TPSA) is 72.2 Å². The summed E-state index contributed by atoms with van der Waals surface area (Å²) in [4.78, 5) is 21.4. The highest BCUT2D eigenvalue weighted by atomic mass is 32.2. The van der Waals surface area contributed by atoms with Gasteiger partial charge in [0, 0.05) is 5.75 Å². The van der Waals surface area contributed by atoms with Crippen molar-refractivity contribution in [3.8, 4) is 0 Å². The summed E-state index contributed by atoms with van der Waals surface area (Å²) in [6.07, 6.45) is -0.262. The zero-order valence-corrected chi connectivity index (χ0v) is 8.92. The molecule has 1 aromatic rings. The molecule has 0 atom stereocenters. The van der Waals surface area contributed by atoms with Crippen LogP contribution in [0.5, 0.6) is 0 Å². The van der Waals surface area contributed by atoms with E-state index in [-0.39, 0.29) is 12.3 Å². The van der Waals surface area contributed by atoms with E-state index in [0.29, 0.717) is 5.75 Å². The van der Waals surface area contributed by atoms with Gasteiger partial charge in [0.2, 0.25) is 11.8 Å². The van der Waals surface area contributed by atoms with Gasteiger partial charge in [0.05, 0.1) is 0 Å². The van der Waals surface area contributed by atoms with Crippen molar-refractivity contribution in [2.45, 2.75) is 12.2 Å². The van der Waals surface area contributed by atoms with Crippen LogP contribution in [0.3, 0.4) is 0 Å². The number of hydrogen-bond acceptors (Lipinski definition) is 3. The van der Waals surface area contributed by atoms with Gasteiger partial charge in [-0.2, -0.15) is 0 Å². The normalized spacial score (nSPS) is 9.60. The van der Waals surface area contributed by atoms with Crippen molar-refractivity contribution >= 4 is 23.8 Å². The molecule has 0 saturated heterocycles. The van der Waals surface area contributed by atoms with Crippen LogP contribution in [-0.2, 0) is 15.3 Å². The lowest BCUT2D eigenvalue weighted by molar-refractivity contribution is -0.126. The van der Waals surface area contributed by atoms with Gasteiger partial charge in [-0.05, 0) is 17.5 Å². The highest BCUT2D eigenvalue weighted by Gasteiger charge is 2.04. The largest absolute Gasteiger partial charge is 0.369 e. The van der Waals surface area contributed by atoms with Crippen molar-refractivity contribution in [1.82, 2.24) is 4.72 Å². The Bertz CT molecular complexity index is 341. The van der Waals surface area contributed by atoms with E-state index in [1.807, 2.05) is 30.3 Å². The number of benzene rings is 1. The molecule has 0 heterocycles. The van der Waals surface area contributed by atoms with E-state index in [4.69, 9.17) is 5.73 Å². The maximum absolute atomic E-state index is 11.0. The van der Waals surface area contributed by atoms with Crippen LogP contribution in [0.15, 0.2) is 30.3 Å². The van der Waals surface area contributed by atoms with Gasteiger partial charge in [0.25, 0.3) is 0 Å². The van der Waals surface area contributed by atoms with E-state index in [1.165, 1.54) is 11.9 Å². The van der Waals surface area contributed by atoms with Gasteiger partial charge in [0.15, 0.2) is 0 Å². The zero-order valence-electron chi connectivity index (χ0n) is 8.10. The monoisotopic (exact) mass is 224 g/mol. The van der Waals surface area contributed by atoms with Crippen molar-refractivity contribution < 1.29 is 9.59 Å². The van der Waals surface area contributed by atoms with E-state index in [2.05, 4.69) is 4.72 Å². The molecule has 2 amide bonds. The molecule has 0 radical (unpaired) electrons. The van der Waals surface area contributed by atoms with E-state index < -0.39 is 5.91 Å². The Kier molecular flexibility index (Phi) is 4.70. The molecule has 0 aliphatic rings. The third kappa shape index (κ3) is 5.07. The molecule has 3 N–H and O–H groups in total. The second-order valence-electron chi connectivity index (χ2n) is 2.94. The number of primary amides is 1. The minimum atomic E-state index is -0.618. The summed E-state index contributed by atoms with van der Waals surface area (Å²) in [5, 5.41) is 0. The minimum absolute atomic E-state index is 0.262. The molecular formula is C10H12N2O2S. The Balaban J connectivity index is 2.22. The quantitative estimate of drug-likeness (QED) is 0.574. The third-order valence-electron chi connectivity index (χ3n) is 1.60. The van der Waals surface area contributed by atoms with Crippen LogP contribution in [0.4, 0.5) is 0 Å². The Morgan fingerprint density at radius 3 is 2.53 bits per heavy atom. The van der Waals surface area contributed by atoms with Crippen molar-refractivity contribution in [2.75, 3.05) is 0 Å². The highest BCUT2D eigenvalue weighted by molar-refractivity contribution is 7.97. The Labute approximate surface area is 92.4 Å². The van der Waals surface area contributed by atoms with Crippen LogP contribution in [0.25, 0.3) is 0 Å². The Morgan fingerprint density at radius 2 is 1.93 bits per heavy atom. The third-order valence-corrected chi connectivity index (χ3v) is 2.45. The molecule has 0 bridgehead atoms. The van der Waals surface area contributed by atoms with E-state index in [9.17, 15) is 9.59 Å². The molecule has 0 fully saturated rings. The smallest absolute Gasteiger partial charge is 0.239 e. The average Bonchev–Trinajstić information content (AvgIpc) is 2.18. The van der Waals surface area contributed by atoms with Gasteiger partial charge in [0.1, 0.15) is 6.42 Å². The minimum Gasteiger partial charge on any atom is -0.369 e. The van der Waals surface area contributed by atoms with Gasteiger partial charge in [-0.15, -0.1) is 0 Å². The molecular weight excluding hydrogens is 212 g/mol. The predicted molar refractivity (Wildman–Crippen MR) is 59.7 cm³/mol. The number of carbonyl (C=O) groups excluding carboxylic acids is 2. The summed E-state index contributed by atoms with van der Waals surface area (Å²) in [5.74, 6) is -0.304. The van der Waals surface area contributed by atoms with Gasteiger partial charge in [-0.25, -0.2) is 0 Å². The van der Waals surface area contributed by atoms with Gasteiger partial charge in [-0.3, -0.25) is 14.3 Å². The van der Waals surface area contributed by atoms with Crippen molar-refractivity contribution in [1.29, 1.82) is 0 Å². The average molecular weight is 224 g/mol. The van der Waals surface area contributed by atoms with Crippen LogP contribution in [0.2, 0.25) is 0 Å². The first-order chi connectivity index (χ1) is 7.18. The molecule has 1 rings (SSSR count). The molecule has 15 heavy (non-hydrogen) atoms. The van der Waals surface area contributed by atoms with E-state index in [1.54, 1.807) is 0 Å². The molecule has 1 aromatic carbocycles. The first kappa shape index (κ1) is 11.6. The highest BCUT2D eigenvalue weighted by Crippen LogP contribution is 2.08. The SMILES string of the molecule is NC(=O)CC(=O)NSCc1ccccc1. The Morgan fingerprint density at radius 1 is 1.27 bits per heavy atom. The van der Waals surface area contributed by atoms with Crippen molar-refractivity contribution in [3.63, 3.8) is 0 Å². The summed E-state index contributed by atoms with van der Waals surface area (Å²) in [7, 11) is 0. The summed E-state index contributed by atoms with van der Waals surface area (Å²) < 4.78 is 2.54. The second-order valence-corrected chi connectivity index (χ2v) is 3.72. The van der Waals surface area contributed by atoms with E-state index >= 15 is 0 Å². The number of amides is 2. The fourth-order valence-electron chi connectivity index (χ4n) is 0.968. The predicted octanol–water partition coefficient (Wildman–Crippen LogP) is 0.826. The van der Waals surface area contributed by atoms with Crippen molar-refractivity contribution in [2.24, 2.45) is 5.73 Å². The zero-order chi connectivity index (χ0) is 11.1. The van der Waals surface area contributed by atoms with Gasteiger partial charge in [-0.1, -0.05) is 30.3 Å². The second kappa shape index (κ2) is 6.08. The van der Waals surface area contributed by atoms with Crippen LogP contribution in [-0.4, -0.2) is 11.8 Å². The lowest BCUT2D eigenvalue weighted by atomic mass is 10.2. The standard InChI is InChI=1S/C10H12N2O2S/c11-9(13)6-10(14)12-15-7-8-4-2-1-3-5-8/h1-5H,6-7H2,(H2,11,13)(H,12,14). The van der Waals surface area contributed by atoms with Crippen LogP contribution >= 0.6 is 11.9 Å². The summed E-state index contributed by atoms with van der Waals surface area (Å²) >= 11 is 1.25. The van der Waals surface area contributed by atoms with Crippen LogP contribution < -0.4 is 10.5 Å². The Hall–Kier alpha value is -1.49.